The summed E-state index contributed by atoms with van der Waals surface area (Å²) in [5.41, 5.74) is 0. The standard InChI is InChI=1S/C8H18N2O3S/c1-9(5-4-8-11)14(12,13)10-6-2-3-7-10/h11H,2-8H2,1H3. The molecule has 0 unspecified atom stereocenters. The van der Waals surface area contributed by atoms with Gasteiger partial charge in [0.1, 0.15) is 0 Å². The molecule has 0 amide bonds. The summed E-state index contributed by atoms with van der Waals surface area (Å²) in [6.07, 6.45) is 2.39. The lowest BCUT2D eigenvalue weighted by Gasteiger charge is -2.23. The predicted molar refractivity (Wildman–Crippen MR) is 54.1 cm³/mol. The average Bonchev–Trinajstić information content (AvgIpc) is 2.67. The van der Waals surface area contributed by atoms with Crippen LogP contribution in [-0.4, -0.2) is 55.4 Å². The van der Waals surface area contributed by atoms with E-state index in [4.69, 9.17) is 5.11 Å². The lowest BCUT2D eigenvalue weighted by atomic mass is 10.4. The Morgan fingerprint density at radius 3 is 2.43 bits per heavy atom. The van der Waals surface area contributed by atoms with E-state index in [1.54, 1.807) is 7.05 Å². The second-order valence-electron chi connectivity index (χ2n) is 3.51. The Hall–Kier alpha value is -0.170. The number of aliphatic hydroxyl groups excluding tert-OH is 1. The summed E-state index contributed by atoms with van der Waals surface area (Å²) in [5, 5.41) is 8.61. The molecule has 84 valence electrons. The van der Waals surface area contributed by atoms with Gasteiger partial charge in [0.25, 0.3) is 10.2 Å². The molecule has 0 aromatic carbocycles. The first-order valence-corrected chi connectivity index (χ1v) is 6.31. The summed E-state index contributed by atoms with van der Waals surface area (Å²) >= 11 is 0. The molecule has 1 saturated heterocycles. The van der Waals surface area contributed by atoms with E-state index in [1.165, 1.54) is 8.61 Å². The van der Waals surface area contributed by atoms with Crippen LogP contribution >= 0.6 is 0 Å². The first-order valence-electron chi connectivity index (χ1n) is 4.91. The van der Waals surface area contributed by atoms with Crippen LogP contribution in [0.25, 0.3) is 0 Å². The van der Waals surface area contributed by atoms with Crippen molar-refractivity contribution in [3.8, 4) is 0 Å². The van der Waals surface area contributed by atoms with Gasteiger partial charge in [-0.3, -0.25) is 0 Å². The Bertz CT molecular complexity index is 260. The van der Waals surface area contributed by atoms with Gasteiger partial charge >= 0.3 is 0 Å². The molecule has 0 bridgehead atoms. The fourth-order valence-corrected chi connectivity index (χ4v) is 3.00. The maximum absolute atomic E-state index is 11.8. The van der Waals surface area contributed by atoms with E-state index < -0.39 is 10.2 Å². The molecule has 0 atom stereocenters. The third-order valence-electron chi connectivity index (χ3n) is 2.42. The van der Waals surface area contributed by atoms with Crippen LogP contribution in [0, 0.1) is 0 Å². The normalized spacial score (nSPS) is 19.4. The number of hydrogen-bond acceptors (Lipinski definition) is 3. The van der Waals surface area contributed by atoms with Crippen molar-refractivity contribution in [2.75, 3.05) is 33.3 Å². The van der Waals surface area contributed by atoms with Crippen LogP contribution < -0.4 is 0 Å². The number of hydrogen-bond donors (Lipinski definition) is 1. The summed E-state index contributed by atoms with van der Waals surface area (Å²) < 4.78 is 26.4. The van der Waals surface area contributed by atoms with Crippen molar-refractivity contribution in [1.29, 1.82) is 0 Å². The van der Waals surface area contributed by atoms with Gasteiger partial charge in [-0.1, -0.05) is 0 Å². The molecule has 1 rings (SSSR count). The number of rotatable bonds is 5. The first kappa shape index (κ1) is 11.9. The van der Waals surface area contributed by atoms with Crippen molar-refractivity contribution in [1.82, 2.24) is 8.61 Å². The first-order chi connectivity index (χ1) is 6.59. The monoisotopic (exact) mass is 222 g/mol. The van der Waals surface area contributed by atoms with Crippen molar-refractivity contribution in [3.63, 3.8) is 0 Å². The maximum atomic E-state index is 11.8. The molecule has 1 N–H and O–H groups in total. The van der Waals surface area contributed by atoms with E-state index in [9.17, 15) is 8.42 Å². The Morgan fingerprint density at radius 1 is 1.36 bits per heavy atom. The zero-order valence-corrected chi connectivity index (χ0v) is 9.33. The predicted octanol–water partition coefficient (Wildman–Crippen LogP) is -0.359. The van der Waals surface area contributed by atoms with Crippen molar-refractivity contribution in [2.24, 2.45) is 0 Å². The third kappa shape index (κ3) is 2.66. The van der Waals surface area contributed by atoms with Crippen LogP contribution in [0.2, 0.25) is 0 Å². The molecular formula is C8H18N2O3S. The minimum atomic E-state index is -3.26. The molecule has 0 radical (unpaired) electrons. The molecule has 1 fully saturated rings. The van der Waals surface area contributed by atoms with Crippen LogP contribution in [0.1, 0.15) is 19.3 Å². The highest BCUT2D eigenvalue weighted by atomic mass is 32.2. The van der Waals surface area contributed by atoms with Crippen LogP contribution in [0.15, 0.2) is 0 Å². The molecule has 1 aliphatic heterocycles. The molecule has 0 saturated carbocycles. The summed E-state index contributed by atoms with van der Waals surface area (Å²) in [6, 6.07) is 0. The number of nitrogens with zero attached hydrogens (tertiary/aromatic N) is 2. The Kier molecular flexibility index (Phi) is 4.31. The average molecular weight is 222 g/mol. The molecule has 0 aliphatic carbocycles. The molecule has 0 spiro atoms. The van der Waals surface area contributed by atoms with Gasteiger partial charge in [0.15, 0.2) is 0 Å². The molecule has 1 heterocycles. The van der Waals surface area contributed by atoms with E-state index in [2.05, 4.69) is 0 Å². The minimum Gasteiger partial charge on any atom is -0.396 e. The summed E-state index contributed by atoms with van der Waals surface area (Å²) in [6.45, 7) is 1.67. The maximum Gasteiger partial charge on any atom is 0.281 e. The largest absolute Gasteiger partial charge is 0.396 e. The van der Waals surface area contributed by atoms with Gasteiger partial charge < -0.3 is 5.11 Å². The van der Waals surface area contributed by atoms with E-state index in [1.807, 2.05) is 0 Å². The highest BCUT2D eigenvalue weighted by Gasteiger charge is 2.28. The summed E-state index contributed by atoms with van der Waals surface area (Å²) in [4.78, 5) is 0. The zero-order valence-electron chi connectivity index (χ0n) is 8.52. The van der Waals surface area contributed by atoms with Crippen molar-refractivity contribution < 1.29 is 13.5 Å². The van der Waals surface area contributed by atoms with Gasteiger partial charge in [0.05, 0.1) is 0 Å². The molecule has 6 heteroatoms. The molecular weight excluding hydrogens is 204 g/mol. The minimum absolute atomic E-state index is 0.0276. The van der Waals surface area contributed by atoms with Gasteiger partial charge in [-0.05, 0) is 19.3 Å². The fourth-order valence-electron chi connectivity index (χ4n) is 1.52. The van der Waals surface area contributed by atoms with Crippen molar-refractivity contribution >= 4 is 10.2 Å². The van der Waals surface area contributed by atoms with Gasteiger partial charge in [-0.2, -0.15) is 17.0 Å². The quantitative estimate of drug-likeness (QED) is 0.691. The van der Waals surface area contributed by atoms with Gasteiger partial charge in [-0.15, -0.1) is 0 Å². The van der Waals surface area contributed by atoms with E-state index >= 15 is 0 Å². The van der Waals surface area contributed by atoms with E-state index in [0.29, 0.717) is 26.1 Å². The molecule has 0 aromatic rings. The summed E-state index contributed by atoms with van der Waals surface area (Å²) in [5.74, 6) is 0. The molecule has 1 aliphatic rings. The molecule has 14 heavy (non-hydrogen) atoms. The van der Waals surface area contributed by atoms with Gasteiger partial charge in [0, 0.05) is 33.3 Å². The lowest BCUT2D eigenvalue weighted by Crippen LogP contribution is -2.40. The van der Waals surface area contributed by atoms with Crippen LogP contribution in [0.5, 0.6) is 0 Å². The topological polar surface area (TPSA) is 60.9 Å². The molecule has 0 aromatic heterocycles. The van der Waals surface area contributed by atoms with Crippen LogP contribution in [0.3, 0.4) is 0 Å². The number of aliphatic hydroxyl groups is 1. The SMILES string of the molecule is CN(CCCO)S(=O)(=O)N1CCCC1. The summed E-state index contributed by atoms with van der Waals surface area (Å²) in [7, 11) is -1.70. The van der Waals surface area contributed by atoms with Gasteiger partial charge in [-0.25, -0.2) is 0 Å². The third-order valence-corrected chi connectivity index (χ3v) is 4.40. The van der Waals surface area contributed by atoms with Crippen molar-refractivity contribution in [3.05, 3.63) is 0 Å². The van der Waals surface area contributed by atoms with Gasteiger partial charge in [0.2, 0.25) is 0 Å². The second kappa shape index (κ2) is 5.06. The van der Waals surface area contributed by atoms with Crippen LogP contribution in [-0.2, 0) is 10.2 Å². The fraction of sp³-hybridized carbons (Fsp3) is 1.00. The van der Waals surface area contributed by atoms with Crippen LogP contribution in [0.4, 0.5) is 0 Å². The lowest BCUT2D eigenvalue weighted by molar-refractivity contribution is 0.272. The zero-order chi connectivity index (χ0) is 10.6. The van der Waals surface area contributed by atoms with E-state index in [0.717, 1.165) is 12.8 Å². The van der Waals surface area contributed by atoms with E-state index in [-0.39, 0.29) is 6.61 Å². The highest BCUT2D eigenvalue weighted by Crippen LogP contribution is 2.15. The second-order valence-corrected chi connectivity index (χ2v) is 5.55. The Balaban J connectivity index is 2.54. The van der Waals surface area contributed by atoms with Crippen molar-refractivity contribution in [2.45, 2.75) is 19.3 Å². The highest BCUT2D eigenvalue weighted by molar-refractivity contribution is 7.86. The smallest absolute Gasteiger partial charge is 0.281 e. The Labute approximate surface area is 85.5 Å². The molecule has 5 nitrogen and oxygen atoms in total. The Morgan fingerprint density at radius 2 is 1.93 bits per heavy atom.